The number of nitrogens with one attached hydrogen (secondary N) is 1. The summed E-state index contributed by atoms with van der Waals surface area (Å²) in [6, 6.07) is 1.71. The molecule has 2 saturated carbocycles. The van der Waals surface area contributed by atoms with Crippen LogP contribution in [0.1, 0.15) is 41.4 Å². The van der Waals surface area contributed by atoms with Crippen LogP contribution < -0.4 is 10.4 Å². The van der Waals surface area contributed by atoms with Gasteiger partial charge in [-0.3, -0.25) is 4.79 Å². The summed E-state index contributed by atoms with van der Waals surface area (Å²) in [4.78, 5) is 37.0. The Hall–Kier alpha value is -1.89. The van der Waals surface area contributed by atoms with Gasteiger partial charge in [-0.25, -0.2) is 4.79 Å². The van der Waals surface area contributed by atoms with Gasteiger partial charge < -0.3 is 20.0 Å². The van der Waals surface area contributed by atoms with Gasteiger partial charge in [0.2, 0.25) is 5.91 Å². The van der Waals surface area contributed by atoms with E-state index in [1.807, 2.05) is 6.92 Å². The van der Waals surface area contributed by atoms with E-state index in [1.165, 1.54) is 18.4 Å². The number of aliphatic carboxylic acids is 1. The number of hydrogen-bond donors (Lipinski definition) is 1. The van der Waals surface area contributed by atoms with Crippen molar-refractivity contribution in [3.63, 3.8) is 0 Å². The highest BCUT2D eigenvalue weighted by Crippen LogP contribution is 2.52. The summed E-state index contributed by atoms with van der Waals surface area (Å²) in [5.74, 6) is -3.16. The third-order valence-electron chi connectivity index (χ3n) is 5.26. The third-order valence-corrected chi connectivity index (χ3v) is 6.46. The molecule has 0 aliphatic heterocycles. The number of esters is 1. The van der Waals surface area contributed by atoms with Gasteiger partial charge in [0, 0.05) is 22.7 Å². The largest absolute Gasteiger partial charge is 0.550 e. The number of rotatable bonds is 5. The van der Waals surface area contributed by atoms with Crippen LogP contribution in [0.5, 0.6) is 0 Å². The molecule has 0 unspecified atom stereocenters. The van der Waals surface area contributed by atoms with Crippen LogP contribution in [0.15, 0.2) is 6.07 Å². The maximum absolute atomic E-state index is 12.7. The summed E-state index contributed by atoms with van der Waals surface area (Å²) >= 11 is 1.32. The molecule has 1 amide bonds. The van der Waals surface area contributed by atoms with Gasteiger partial charge in [-0.05, 0) is 43.6 Å². The predicted octanol–water partition coefficient (Wildman–Crippen LogP) is 1.45. The van der Waals surface area contributed by atoms with E-state index in [9.17, 15) is 19.5 Å². The van der Waals surface area contributed by atoms with Gasteiger partial charge >= 0.3 is 5.97 Å². The maximum Gasteiger partial charge on any atom is 0.340 e. The molecule has 130 valence electrons. The Morgan fingerprint density at radius 2 is 1.96 bits per heavy atom. The van der Waals surface area contributed by atoms with E-state index in [1.54, 1.807) is 6.07 Å². The van der Waals surface area contributed by atoms with Gasteiger partial charge in [-0.15, -0.1) is 11.3 Å². The summed E-state index contributed by atoms with van der Waals surface area (Å²) in [5.41, 5.74) is 0.320. The molecule has 1 heterocycles. The van der Waals surface area contributed by atoms with Crippen LogP contribution in [0.3, 0.4) is 0 Å². The van der Waals surface area contributed by atoms with Crippen LogP contribution in [0.2, 0.25) is 0 Å². The highest BCUT2D eigenvalue weighted by Gasteiger charge is 2.51. The molecule has 0 saturated heterocycles. The number of carbonyl (C=O) groups excluding carboxylic acids is 3. The number of carboxylic acid groups (broad SMARTS) is 1. The van der Waals surface area contributed by atoms with Gasteiger partial charge in [-0.1, -0.05) is 6.92 Å². The SMILES string of the molecule is CCc1cc(C(=O)OC)c(NC(=O)[C@H]2[C@@H]3CC[C@@H](C3)[C@@H]2C(=O)[O-])s1. The molecule has 2 bridgehead atoms. The number of amides is 1. The average Bonchev–Trinajstić information content (AvgIpc) is 3.27. The van der Waals surface area contributed by atoms with Crippen LogP contribution in [-0.2, 0) is 20.7 Å². The van der Waals surface area contributed by atoms with Gasteiger partial charge in [0.1, 0.15) is 5.00 Å². The van der Waals surface area contributed by atoms with Crippen molar-refractivity contribution in [1.29, 1.82) is 0 Å². The second-order valence-electron chi connectivity index (χ2n) is 6.49. The quantitative estimate of drug-likeness (QED) is 0.811. The molecule has 6 nitrogen and oxygen atoms in total. The molecular weight excluding hydrogens is 330 g/mol. The van der Waals surface area contributed by atoms with Crippen molar-refractivity contribution < 1.29 is 24.2 Å². The normalized spacial score (nSPS) is 27.9. The van der Waals surface area contributed by atoms with Crippen LogP contribution in [0.25, 0.3) is 0 Å². The van der Waals surface area contributed by atoms with E-state index in [-0.39, 0.29) is 17.7 Å². The maximum atomic E-state index is 12.7. The zero-order chi connectivity index (χ0) is 17.4. The predicted molar refractivity (Wildman–Crippen MR) is 86.5 cm³/mol. The molecule has 1 N–H and O–H groups in total. The number of thiophene rings is 1. The van der Waals surface area contributed by atoms with E-state index in [4.69, 9.17) is 4.74 Å². The number of anilines is 1. The molecule has 1 aromatic heterocycles. The minimum Gasteiger partial charge on any atom is -0.550 e. The molecule has 0 aromatic carbocycles. The minimum atomic E-state index is -1.14. The lowest BCUT2D eigenvalue weighted by atomic mass is 9.79. The topological polar surface area (TPSA) is 95.5 Å². The second kappa shape index (κ2) is 6.55. The van der Waals surface area contributed by atoms with Crippen molar-refractivity contribution in [3.05, 3.63) is 16.5 Å². The summed E-state index contributed by atoms with van der Waals surface area (Å²) in [5, 5.41) is 14.7. The molecule has 2 aliphatic rings. The summed E-state index contributed by atoms with van der Waals surface area (Å²) < 4.78 is 4.76. The lowest BCUT2D eigenvalue weighted by Gasteiger charge is -2.30. The Labute approximate surface area is 144 Å². The monoisotopic (exact) mass is 350 g/mol. The highest BCUT2D eigenvalue weighted by molar-refractivity contribution is 7.16. The van der Waals surface area contributed by atoms with E-state index in [0.29, 0.717) is 10.6 Å². The second-order valence-corrected chi connectivity index (χ2v) is 7.63. The number of hydrogen-bond acceptors (Lipinski definition) is 6. The zero-order valence-electron chi connectivity index (χ0n) is 13.7. The standard InChI is InChI=1S/C17H21NO5S/c1-3-10-7-11(17(22)23-2)15(24-10)18-14(19)12-8-4-5-9(6-8)13(12)16(20)21/h7-9,12-13H,3-6H2,1-2H3,(H,18,19)(H,20,21)/p-1/t8-,9+,12+,13+/m1/s1. The smallest absolute Gasteiger partial charge is 0.340 e. The fourth-order valence-electron chi connectivity index (χ4n) is 4.17. The van der Waals surface area contributed by atoms with Crippen LogP contribution in [-0.4, -0.2) is 25.0 Å². The molecule has 0 spiro atoms. The molecule has 3 rings (SSSR count). The number of aryl methyl sites for hydroxylation is 1. The van der Waals surface area contributed by atoms with Gasteiger partial charge in [0.05, 0.1) is 12.7 Å². The Morgan fingerprint density at radius 1 is 1.29 bits per heavy atom. The zero-order valence-corrected chi connectivity index (χ0v) is 14.5. The summed E-state index contributed by atoms with van der Waals surface area (Å²) in [7, 11) is 1.29. The first-order chi connectivity index (χ1) is 11.5. The minimum absolute atomic E-state index is 0.0327. The van der Waals surface area contributed by atoms with E-state index >= 15 is 0 Å². The molecule has 2 aliphatic carbocycles. The van der Waals surface area contributed by atoms with Gasteiger partial charge in [-0.2, -0.15) is 0 Å². The molecule has 0 radical (unpaired) electrons. The van der Waals surface area contributed by atoms with Gasteiger partial charge in [0.25, 0.3) is 0 Å². The fraction of sp³-hybridized carbons (Fsp3) is 0.588. The van der Waals surface area contributed by atoms with Crippen LogP contribution in [0.4, 0.5) is 5.00 Å². The number of ether oxygens (including phenoxy) is 1. The Balaban J connectivity index is 1.83. The number of fused-ring (bicyclic) bond motifs is 2. The molecule has 24 heavy (non-hydrogen) atoms. The highest BCUT2D eigenvalue weighted by atomic mass is 32.1. The van der Waals surface area contributed by atoms with Crippen LogP contribution in [0, 0.1) is 23.7 Å². The third kappa shape index (κ3) is 2.81. The first-order valence-electron chi connectivity index (χ1n) is 8.19. The van der Waals surface area contributed by atoms with E-state index in [2.05, 4.69) is 5.32 Å². The van der Waals surface area contributed by atoms with Crippen LogP contribution >= 0.6 is 11.3 Å². The van der Waals surface area contributed by atoms with Gasteiger partial charge in [0.15, 0.2) is 0 Å². The Kier molecular flexibility index (Phi) is 4.62. The van der Waals surface area contributed by atoms with Crippen molar-refractivity contribution in [3.8, 4) is 0 Å². The van der Waals surface area contributed by atoms with E-state index < -0.39 is 23.8 Å². The Morgan fingerprint density at radius 3 is 2.54 bits per heavy atom. The molecular formula is C17H20NO5S-. The van der Waals surface area contributed by atoms with E-state index in [0.717, 1.165) is 30.6 Å². The lowest BCUT2D eigenvalue weighted by Crippen LogP contribution is -2.44. The number of carbonyl (C=O) groups is 3. The fourth-order valence-corrected chi connectivity index (χ4v) is 5.16. The number of carboxylic acids is 1. The first kappa shape index (κ1) is 17.0. The van der Waals surface area contributed by atoms with Crippen molar-refractivity contribution in [1.82, 2.24) is 0 Å². The van der Waals surface area contributed by atoms with Crippen molar-refractivity contribution in [2.75, 3.05) is 12.4 Å². The Bertz CT molecular complexity index is 683. The molecule has 2 fully saturated rings. The molecule has 4 atom stereocenters. The van der Waals surface area contributed by atoms with Crippen molar-refractivity contribution in [2.24, 2.45) is 23.7 Å². The molecule has 1 aromatic rings. The average molecular weight is 350 g/mol. The first-order valence-corrected chi connectivity index (χ1v) is 9.00. The lowest BCUT2D eigenvalue weighted by molar-refractivity contribution is -0.314. The van der Waals surface area contributed by atoms with Crippen molar-refractivity contribution >= 4 is 34.2 Å². The summed E-state index contributed by atoms with van der Waals surface area (Å²) in [6.07, 6.45) is 3.23. The van der Waals surface area contributed by atoms with Crippen molar-refractivity contribution in [2.45, 2.75) is 32.6 Å². The number of methoxy groups -OCH3 is 1. The molecule has 7 heteroatoms. The summed E-state index contributed by atoms with van der Waals surface area (Å²) in [6.45, 7) is 1.96.